The molecule has 4 N–H and O–H groups in total. The number of pyridine rings is 1. The summed E-state index contributed by atoms with van der Waals surface area (Å²) < 4.78 is 39.6. The number of nitrogens with one attached hydrogen (secondary N) is 2. The van der Waals surface area contributed by atoms with Crippen molar-refractivity contribution in [2.75, 3.05) is 28.6 Å². The number of rotatable bonds is 3. The zero-order chi connectivity index (χ0) is 23.4. The Morgan fingerprint density at radius 2 is 1.91 bits per heavy atom. The highest BCUT2D eigenvalue weighted by molar-refractivity contribution is 6.03. The van der Waals surface area contributed by atoms with Crippen LogP contribution in [0.25, 0.3) is 11.3 Å². The van der Waals surface area contributed by atoms with E-state index in [1.807, 2.05) is 12.1 Å². The molecular weight excluding hydrogens is 431 g/mol. The Hall–Kier alpha value is -3.59. The summed E-state index contributed by atoms with van der Waals surface area (Å²) >= 11 is 0. The summed E-state index contributed by atoms with van der Waals surface area (Å²) in [4.78, 5) is 19.3. The van der Waals surface area contributed by atoms with E-state index in [1.165, 1.54) is 11.0 Å². The van der Waals surface area contributed by atoms with Crippen molar-refractivity contribution in [3.8, 4) is 11.3 Å². The Bertz CT molecular complexity index is 1150. The van der Waals surface area contributed by atoms with Crippen LogP contribution in [0.1, 0.15) is 24.0 Å². The van der Waals surface area contributed by atoms with Gasteiger partial charge in [0.15, 0.2) is 5.82 Å². The molecule has 0 atom stereocenters. The van der Waals surface area contributed by atoms with Crippen LogP contribution in [0, 0.1) is 0 Å². The minimum atomic E-state index is -4.45. The molecule has 1 aliphatic heterocycles. The Labute approximate surface area is 189 Å². The van der Waals surface area contributed by atoms with E-state index in [9.17, 15) is 18.0 Å². The van der Waals surface area contributed by atoms with Crippen molar-refractivity contribution in [3.63, 3.8) is 0 Å². The fourth-order valence-corrected chi connectivity index (χ4v) is 3.70. The second kappa shape index (κ2) is 9.50. The number of hydrogen-bond acceptors (Lipinski definition) is 4. The average molecular weight is 455 g/mol. The first-order valence-electron chi connectivity index (χ1n) is 10.7. The Balaban J connectivity index is 1.69. The van der Waals surface area contributed by atoms with Gasteiger partial charge in [0.25, 0.3) is 0 Å². The van der Waals surface area contributed by atoms with E-state index >= 15 is 0 Å². The number of nitrogens with two attached hydrogens (primary N) is 1. The second-order valence-corrected chi connectivity index (χ2v) is 7.77. The number of alkyl halides is 3. The monoisotopic (exact) mass is 455 g/mol. The van der Waals surface area contributed by atoms with Crippen molar-refractivity contribution in [2.24, 2.45) is 5.73 Å². The normalized spacial score (nSPS) is 14.0. The molecule has 0 fully saturated rings. The van der Waals surface area contributed by atoms with E-state index in [0.29, 0.717) is 48.1 Å². The highest BCUT2D eigenvalue weighted by atomic mass is 19.4. The molecule has 0 saturated heterocycles. The fourth-order valence-electron chi connectivity index (χ4n) is 3.70. The third-order valence-electron chi connectivity index (χ3n) is 5.40. The van der Waals surface area contributed by atoms with Crippen molar-refractivity contribution >= 4 is 23.2 Å². The molecule has 2 aromatic carbocycles. The Morgan fingerprint density at radius 3 is 2.70 bits per heavy atom. The van der Waals surface area contributed by atoms with Crippen molar-refractivity contribution in [1.82, 2.24) is 4.98 Å². The number of halogens is 3. The van der Waals surface area contributed by atoms with Crippen molar-refractivity contribution < 1.29 is 18.0 Å². The first kappa shape index (κ1) is 22.6. The van der Waals surface area contributed by atoms with E-state index in [-0.39, 0.29) is 6.03 Å². The number of fused-ring (bicyclic) bond motifs is 1. The molecule has 2 heterocycles. The number of urea groups is 1. The number of benzene rings is 2. The van der Waals surface area contributed by atoms with Gasteiger partial charge in [-0.3, -0.25) is 4.90 Å². The molecule has 9 heteroatoms. The van der Waals surface area contributed by atoms with Gasteiger partial charge in [0.05, 0.1) is 16.9 Å². The topological polar surface area (TPSA) is 83.3 Å². The number of aromatic nitrogens is 1. The molecule has 6 nitrogen and oxygen atoms in total. The molecule has 0 saturated carbocycles. The summed E-state index contributed by atoms with van der Waals surface area (Å²) in [6.45, 7) is 1.49. The molecule has 4 rings (SSSR count). The smallest absolute Gasteiger partial charge is 0.382 e. The zero-order valence-corrected chi connectivity index (χ0v) is 17.8. The number of amides is 2. The lowest BCUT2D eigenvalue weighted by Gasteiger charge is -2.27. The molecule has 3 aromatic rings. The summed E-state index contributed by atoms with van der Waals surface area (Å²) in [6.07, 6.45) is -2.84. The molecule has 1 aliphatic rings. The van der Waals surface area contributed by atoms with Crippen molar-refractivity contribution in [3.05, 3.63) is 71.8 Å². The molecule has 33 heavy (non-hydrogen) atoms. The molecule has 2 amide bonds. The van der Waals surface area contributed by atoms with Crippen LogP contribution >= 0.6 is 0 Å². The molecule has 0 spiro atoms. The summed E-state index contributed by atoms with van der Waals surface area (Å²) in [5.41, 5.74) is 7.76. The van der Waals surface area contributed by atoms with Gasteiger partial charge in [-0.15, -0.1) is 0 Å². The molecular formula is C24H24F3N5O. The maximum absolute atomic E-state index is 13.2. The first-order valence-corrected chi connectivity index (χ1v) is 10.7. The largest absolute Gasteiger partial charge is 0.416 e. The van der Waals surface area contributed by atoms with Crippen molar-refractivity contribution in [2.45, 2.75) is 25.6 Å². The van der Waals surface area contributed by atoms with Gasteiger partial charge in [0.2, 0.25) is 0 Å². The SMILES string of the molecule is NCc1cccc(NC(=O)N2CCCCNc3ccc(-c4cccc(C(F)(F)F)c4)nc32)c1. The summed E-state index contributed by atoms with van der Waals surface area (Å²) in [6, 6.07) is 15.3. The van der Waals surface area contributed by atoms with Crippen LogP contribution in [0.5, 0.6) is 0 Å². The van der Waals surface area contributed by atoms with Crippen LogP contribution in [-0.2, 0) is 12.7 Å². The summed E-state index contributed by atoms with van der Waals surface area (Å²) in [5.74, 6) is 0.372. The molecule has 1 aromatic heterocycles. The van der Waals surface area contributed by atoms with Gasteiger partial charge in [0.1, 0.15) is 0 Å². The predicted molar refractivity (Wildman–Crippen MR) is 123 cm³/mol. The lowest BCUT2D eigenvalue weighted by atomic mass is 10.1. The first-order chi connectivity index (χ1) is 15.8. The molecule has 0 aliphatic carbocycles. The fraction of sp³-hybridized carbons (Fsp3) is 0.250. The van der Waals surface area contributed by atoms with E-state index in [2.05, 4.69) is 15.6 Å². The van der Waals surface area contributed by atoms with E-state index in [1.54, 1.807) is 30.3 Å². The maximum atomic E-state index is 13.2. The Morgan fingerprint density at radius 1 is 1.09 bits per heavy atom. The van der Waals surface area contributed by atoms with Gasteiger partial charge in [0, 0.05) is 30.9 Å². The van der Waals surface area contributed by atoms with Gasteiger partial charge in [-0.1, -0.05) is 24.3 Å². The standard InChI is InChI=1S/C24H24F3N5O/c25-24(26,27)18-7-4-6-17(14-18)20-9-10-21-22(31-20)32(12-2-1-11-29-21)23(33)30-19-8-3-5-16(13-19)15-28/h3-10,13-14,29H,1-2,11-12,15,28H2,(H,30,33). The van der Waals surface area contributed by atoms with Gasteiger partial charge in [-0.2, -0.15) is 13.2 Å². The number of hydrogen-bond donors (Lipinski definition) is 3. The highest BCUT2D eigenvalue weighted by Crippen LogP contribution is 2.34. The van der Waals surface area contributed by atoms with E-state index < -0.39 is 11.7 Å². The third kappa shape index (κ3) is 5.25. The zero-order valence-electron chi connectivity index (χ0n) is 17.8. The quantitative estimate of drug-likeness (QED) is 0.489. The van der Waals surface area contributed by atoms with Crippen molar-refractivity contribution in [1.29, 1.82) is 0 Å². The van der Waals surface area contributed by atoms with Gasteiger partial charge in [-0.05, 0) is 54.8 Å². The van der Waals surface area contributed by atoms with Gasteiger partial charge < -0.3 is 16.4 Å². The van der Waals surface area contributed by atoms with Crippen LogP contribution in [0.4, 0.5) is 35.2 Å². The highest BCUT2D eigenvalue weighted by Gasteiger charge is 2.30. The van der Waals surface area contributed by atoms with Crippen LogP contribution in [0.3, 0.4) is 0 Å². The van der Waals surface area contributed by atoms with Crippen LogP contribution < -0.4 is 21.3 Å². The number of anilines is 3. The number of carbonyl (C=O) groups excluding carboxylic acids is 1. The lowest BCUT2D eigenvalue weighted by Crippen LogP contribution is -2.38. The molecule has 0 unspecified atom stereocenters. The number of nitrogens with zero attached hydrogens (tertiary/aromatic N) is 2. The molecule has 172 valence electrons. The maximum Gasteiger partial charge on any atom is 0.416 e. The second-order valence-electron chi connectivity index (χ2n) is 7.77. The van der Waals surface area contributed by atoms with Gasteiger partial charge >= 0.3 is 12.2 Å². The summed E-state index contributed by atoms with van der Waals surface area (Å²) in [5, 5.41) is 6.14. The van der Waals surface area contributed by atoms with Crippen LogP contribution in [0.2, 0.25) is 0 Å². The predicted octanol–water partition coefficient (Wildman–Crippen LogP) is 5.47. The molecule has 0 bridgehead atoms. The minimum Gasteiger partial charge on any atom is -0.382 e. The minimum absolute atomic E-state index is 0.325. The van der Waals surface area contributed by atoms with E-state index in [0.717, 1.165) is 30.5 Å². The number of carbonyl (C=O) groups is 1. The van der Waals surface area contributed by atoms with Crippen LogP contribution in [-0.4, -0.2) is 24.1 Å². The van der Waals surface area contributed by atoms with E-state index in [4.69, 9.17) is 5.73 Å². The molecule has 0 radical (unpaired) electrons. The third-order valence-corrected chi connectivity index (χ3v) is 5.40. The van der Waals surface area contributed by atoms with Crippen LogP contribution in [0.15, 0.2) is 60.7 Å². The summed E-state index contributed by atoms with van der Waals surface area (Å²) in [7, 11) is 0. The Kier molecular flexibility index (Phi) is 6.50. The average Bonchev–Trinajstić information content (AvgIpc) is 2.79. The lowest BCUT2D eigenvalue weighted by molar-refractivity contribution is -0.137. The van der Waals surface area contributed by atoms with Gasteiger partial charge in [-0.25, -0.2) is 9.78 Å².